The molecule has 0 aliphatic heterocycles. The van der Waals surface area contributed by atoms with Gasteiger partial charge in [0, 0.05) is 29.2 Å². The van der Waals surface area contributed by atoms with E-state index in [-0.39, 0.29) is 0 Å². The monoisotopic (exact) mass is 304 g/mol. The highest BCUT2D eigenvalue weighted by Gasteiger charge is 2.22. The molecule has 0 bridgehead atoms. The van der Waals surface area contributed by atoms with Gasteiger partial charge in [0.2, 0.25) is 0 Å². The van der Waals surface area contributed by atoms with Crippen LogP contribution in [0.3, 0.4) is 0 Å². The molecule has 2 aromatic heterocycles. The third-order valence-electron chi connectivity index (χ3n) is 3.12. The summed E-state index contributed by atoms with van der Waals surface area (Å²) in [6.45, 7) is 5.38. The summed E-state index contributed by atoms with van der Waals surface area (Å²) in [6, 6.07) is 1.32. The van der Waals surface area contributed by atoms with E-state index < -0.39 is 17.4 Å². The number of nitrogens with one attached hydrogen (secondary N) is 1. The molecule has 0 fully saturated rings. The molecule has 2 rings (SSSR count). The maximum Gasteiger partial charge on any atom is 0.405 e. The molecule has 1 amide bonds. The zero-order valence-electron chi connectivity index (χ0n) is 12.6. The van der Waals surface area contributed by atoms with E-state index in [2.05, 4.69) is 20.3 Å². The SMILES string of the molecule is Cc1nc(-c2cncc(F)c2)ncc1CC(C)(C)NC(=O)O. The molecule has 0 saturated carbocycles. The van der Waals surface area contributed by atoms with Crippen LogP contribution in [-0.2, 0) is 6.42 Å². The zero-order valence-corrected chi connectivity index (χ0v) is 12.6. The maximum atomic E-state index is 13.2. The Labute approximate surface area is 127 Å². The van der Waals surface area contributed by atoms with Gasteiger partial charge in [-0.1, -0.05) is 0 Å². The number of hydrogen-bond acceptors (Lipinski definition) is 4. The number of aromatic nitrogens is 3. The second kappa shape index (κ2) is 6.05. The van der Waals surface area contributed by atoms with Crippen molar-refractivity contribution in [1.29, 1.82) is 0 Å². The molecule has 2 heterocycles. The number of amides is 1. The average molecular weight is 304 g/mol. The Hall–Kier alpha value is -2.57. The van der Waals surface area contributed by atoms with Crippen molar-refractivity contribution in [2.45, 2.75) is 32.7 Å². The summed E-state index contributed by atoms with van der Waals surface area (Å²) >= 11 is 0. The Morgan fingerprint density at radius 3 is 2.68 bits per heavy atom. The lowest BCUT2D eigenvalue weighted by Gasteiger charge is -2.25. The van der Waals surface area contributed by atoms with Crippen molar-refractivity contribution in [1.82, 2.24) is 20.3 Å². The average Bonchev–Trinajstić information content (AvgIpc) is 2.39. The van der Waals surface area contributed by atoms with Gasteiger partial charge in [0.25, 0.3) is 0 Å². The van der Waals surface area contributed by atoms with Crippen molar-refractivity contribution in [2.24, 2.45) is 0 Å². The number of carboxylic acid groups (broad SMARTS) is 1. The molecule has 7 heteroatoms. The van der Waals surface area contributed by atoms with E-state index in [1.54, 1.807) is 20.0 Å². The maximum absolute atomic E-state index is 13.2. The minimum Gasteiger partial charge on any atom is -0.465 e. The Bertz CT molecular complexity index is 704. The number of aryl methyl sites for hydroxylation is 1. The van der Waals surface area contributed by atoms with Gasteiger partial charge < -0.3 is 10.4 Å². The van der Waals surface area contributed by atoms with Crippen molar-refractivity contribution in [3.63, 3.8) is 0 Å². The summed E-state index contributed by atoms with van der Waals surface area (Å²) < 4.78 is 13.2. The van der Waals surface area contributed by atoms with Crippen LogP contribution in [0.25, 0.3) is 11.4 Å². The Balaban J connectivity index is 2.25. The molecule has 0 aliphatic carbocycles. The quantitative estimate of drug-likeness (QED) is 0.906. The van der Waals surface area contributed by atoms with E-state index >= 15 is 0 Å². The minimum absolute atomic E-state index is 0.386. The predicted molar refractivity (Wildman–Crippen MR) is 78.9 cm³/mol. The van der Waals surface area contributed by atoms with Crippen LogP contribution in [0, 0.1) is 12.7 Å². The predicted octanol–water partition coefficient (Wildman–Crippen LogP) is 2.57. The fraction of sp³-hybridized carbons (Fsp3) is 0.333. The van der Waals surface area contributed by atoms with E-state index in [1.807, 2.05) is 6.92 Å². The third-order valence-corrected chi connectivity index (χ3v) is 3.12. The Morgan fingerprint density at radius 1 is 1.36 bits per heavy atom. The van der Waals surface area contributed by atoms with E-state index in [0.717, 1.165) is 17.5 Å². The first-order chi connectivity index (χ1) is 10.3. The van der Waals surface area contributed by atoms with Gasteiger partial charge in [0.05, 0.1) is 6.20 Å². The van der Waals surface area contributed by atoms with Crippen LogP contribution in [0.5, 0.6) is 0 Å². The van der Waals surface area contributed by atoms with Crippen LogP contribution in [0.15, 0.2) is 24.7 Å². The summed E-state index contributed by atoms with van der Waals surface area (Å²) in [5, 5.41) is 11.3. The highest BCUT2D eigenvalue weighted by molar-refractivity contribution is 5.65. The van der Waals surface area contributed by atoms with Crippen LogP contribution < -0.4 is 5.32 Å². The lowest BCUT2D eigenvalue weighted by Crippen LogP contribution is -2.44. The highest BCUT2D eigenvalue weighted by Crippen LogP contribution is 2.19. The number of nitrogens with zero attached hydrogens (tertiary/aromatic N) is 3. The van der Waals surface area contributed by atoms with Crippen LogP contribution in [0.2, 0.25) is 0 Å². The normalized spacial score (nSPS) is 11.3. The van der Waals surface area contributed by atoms with Gasteiger partial charge in [-0.05, 0) is 38.8 Å². The molecule has 2 aromatic rings. The van der Waals surface area contributed by atoms with E-state index in [1.165, 1.54) is 12.3 Å². The molecule has 22 heavy (non-hydrogen) atoms. The first kappa shape index (κ1) is 15.8. The number of hydrogen-bond donors (Lipinski definition) is 2. The molecule has 2 N–H and O–H groups in total. The first-order valence-corrected chi connectivity index (χ1v) is 6.71. The molecule has 0 atom stereocenters. The van der Waals surface area contributed by atoms with Gasteiger partial charge in [0.1, 0.15) is 5.82 Å². The molecule has 0 aromatic carbocycles. The van der Waals surface area contributed by atoms with Gasteiger partial charge in [0.15, 0.2) is 5.82 Å². The fourth-order valence-electron chi connectivity index (χ4n) is 2.15. The number of carbonyl (C=O) groups is 1. The number of rotatable bonds is 4. The van der Waals surface area contributed by atoms with E-state index in [0.29, 0.717) is 17.8 Å². The van der Waals surface area contributed by atoms with Gasteiger partial charge in [-0.2, -0.15) is 0 Å². The molecule has 0 spiro atoms. The van der Waals surface area contributed by atoms with Crippen LogP contribution in [0.1, 0.15) is 25.1 Å². The van der Waals surface area contributed by atoms with Gasteiger partial charge in [-0.15, -0.1) is 0 Å². The molecule has 0 aliphatic rings. The summed E-state index contributed by atoms with van der Waals surface area (Å²) in [6.07, 6.45) is 3.62. The molecule has 6 nitrogen and oxygen atoms in total. The smallest absolute Gasteiger partial charge is 0.405 e. The Kier molecular flexibility index (Phi) is 4.35. The molecule has 0 saturated heterocycles. The van der Waals surface area contributed by atoms with Crippen LogP contribution >= 0.6 is 0 Å². The molecule has 0 unspecified atom stereocenters. The zero-order chi connectivity index (χ0) is 16.3. The van der Waals surface area contributed by atoms with Crippen molar-refractivity contribution >= 4 is 6.09 Å². The largest absolute Gasteiger partial charge is 0.465 e. The molecular formula is C15H17FN4O2. The highest BCUT2D eigenvalue weighted by atomic mass is 19.1. The van der Waals surface area contributed by atoms with Crippen molar-refractivity contribution in [3.05, 3.63) is 41.7 Å². The summed E-state index contributed by atoms with van der Waals surface area (Å²) in [7, 11) is 0. The first-order valence-electron chi connectivity index (χ1n) is 6.71. The van der Waals surface area contributed by atoms with Crippen LogP contribution in [-0.4, -0.2) is 31.7 Å². The third kappa shape index (κ3) is 3.97. The summed E-state index contributed by atoms with van der Waals surface area (Å²) in [5.74, 6) is -0.0631. The number of pyridine rings is 1. The van der Waals surface area contributed by atoms with Crippen molar-refractivity contribution in [3.8, 4) is 11.4 Å². The van der Waals surface area contributed by atoms with Crippen molar-refractivity contribution < 1.29 is 14.3 Å². The summed E-state index contributed by atoms with van der Waals surface area (Å²) in [5.41, 5.74) is 1.40. The second-order valence-corrected chi connectivity index (χ2v) is 5.69. The van der Waals surface area contributed by atoms with E-state index in [4.69, 9.17) is 5.11 Å². The lowest BCUT2D eigenvalue weighted by molar-refractivity contribution is 0.182. The van der Waals surface area contributed by atoms with Crippen molar-refractivity contribution in [2.75, 3.05) is 0 Å². The van der Waals surface area contributed by atoms with Gasteiger partial charge in [-0.3, -0.25) is 4.98 Å². The fourth-order valence-corrected chi connectivity index (χ4v) is 2.15. The standard InChI is InChI=1S/C15H17FN4O2/c1-9-11(5-15(2,3)20-14(21)22)7-18-13(19-9)10-4-12(16)8-17-6-10/h4,6-8,20H,5H2,1-3H3,(H,21,22). The number of halogens is 1. The van der Waals surface area contributed by atoms with E-state index in [9.17, 15) is 9.18 Å². The van der Waals surface area contributed by atoms with Gasteiger partial charge >= 0.3 is 6.09 Å². The lowest BCUT2D eigenvalue weighted by atomic mass is 9.95. The molecule has 0 radical (unpaired) electrons. The topological polar surface area (TPSA) is 88.0 Å². The summed E-state index contributed by atoms with van der Waals surface area (Å²) in [4.78, 5) is 23.1. The minimum atomic E-state index is -1.08. The van der Waals surface area contributed by atoms with Gasteiger partial charge in [-0.25, -0.2) is 19.2 Å². The van der Waals surface area contributed by atoms with Crippen LogP contribution in [0.4, 0.5) is 9.18 Å². The molecular weight excluding hydrogens is 287 g/mol. The molecule has 116 valence electrons. The Morgan fingerprint density at radius 2 is 2.09 bits per heavy atom. The second-order valence-electron chi connectivity index (χ2n) is 5.69.